The van der Waals surface area contributed by atoms with Crippen LogP contribution in [-0.4, -0.2) is 24.8 Å². The summed E-state index contributed by atoms with van der Waals surface area (Å²) in [6.45, 7) is 2.80. The molecule has 128 valence electrons. The van der Waals surface area contributed by atoms with Gasteiger partial charge in [-0.3, -0.25) is 0 Å². The summed E-state index contributed by atoms with van der Waals surface area (Å²) in [6, 6.07) is 9.10. The summed E-state index contributed by atoms with van der Waals surface area (Å²) in [5.74, 6) is 0.339. The molecule has 2 rings (SSSR count). The van der Waals surface area contributed by atoms with Crippen molar-refractivity contribution in [1.82, 2.24) is 0 Å². The monoisotopic (exact) mass is 346 g/mol. The molecule has 0 saturated carbocycles. The van der Waals surface area contributed by atoms with Gasteiger partial charge in [-0.25, -0.2) is 4.79 Å². The number of ether oxygens (including phenoxy) is 2. The molecule has 1 aromatic heterocycles. The molecule has 0 fully saturated rings. The lowest BCUT2D eigenvalue weighted by Gasteiger charge is -2.11. The molecule has 0 unspecified atom stereocenters. The maximum Gasteiger partial charge on any atom is 0.337 e. The Labute approximate surface area is 146 Å². The van der Waals surface area contributed by atoms with Crippen LogP contribution in [0.2, 0.25) is 0 Å². The van der Waals surface area contributed by atoms with Crippen LogP contribution in [0.15, 0.2) is 35.7 Å². The van der Waals surface area contributed by atoms with Crippen molar-refractivity contribution in [3.63, 3.8) is 0 Å². The number of carboxylic acids is 1. The number of unbranched alkanes of at least 4 members (excludes halogenated alkanes) is 2. The van der Waals surface area contributed by atoms with Gasteiger partial charge < -0.3 is 14.6 Å². The Hall–Kier alpha value is -2.27. The highest BCUT2D eigenvalue weighted by molar-refractivity contribution is 7.11. The van der Waals surface area contributed by atoms with E-state index in [4.69, 9.17) is 9.47 Å². The molecule has 24 heavy (non-hydrogen) atoms. The third-order valence-corrected chi connectivity index (χ3v) is 4.42. The fourth-order valence-electron chi connectivity index (χ4n) is 2.26. The zero-order valence-corrected chi connectivity index (χ0v) is 14.8. The van der Waals surface area contributed by atoms with Gasteiger partial charge in [0.05, 0.1) is 19.3 Å². The highest BCUT2D eigenvalue weighted by Crippen LogP contribution is 2.31. The summed E-state index contributed by atoms with van der Waals surface area (Å²) in [6.07, 6.45) is 4.93. The van der Waals surface area contributed by atoms with Crippen LogP contribution in [0.4, 0.5) is 0 Å². The number of methoxy groups -OCH3 is 1. The summed E-state index contributed by atoms with van der Waals surface area (Å²) < 4.78 is 11.1. The Kier molecular flexibility index (Phi) is 6.88. The molecule has 4 nitrogen and oxygen atoms in total. The lowest BCUT2D eigenvalue weighted by molar-refractivity contribution is -0.130. The van der Waals surface area contributed by atoms with Crippen molar-refractivity contribution in [2.75, 3.05) is 13.7 Å². The summed E-state index contributed by atoms with van der Waals surface area (Å²) >= 11 is 1.40. The zero-order chi connectivity index (χ0) is 17.4. The van der Waals surface area contributed by atoms with Crippen molar-refractivity contribution in [1.29, 1.82) is 0 Å². The predicted molar refractivity (Wildman–Crippen MR) is 97.8 cm³/mol. The molecule has 0 saturated heterocycles. The molecule has 1 heterocycles. The Morgan fingerprint density at radius 2 is 2.08 bits per heavy atom. The molecule has 0 amide bonds. The van der Waals surface area contributed by atoms with E-state index in [0.29, 0.717) is 18.1 Å². The van der Waals surface area contributed by atoms with Crippen molar-refractivity contribution in [2.45, 2.75) is 26.2 Å². The summed E-state index contributed by atoms with van der Waals surface area (Å²) in [5, 5.41) is 11.3. The highest BCUT2D eigenvalue weighted by atomic mass is 32.1. The van der Waals surface area contributed by atoms with Gasteiger partial charge in [0.15, 0.2) is 11.5 Å². The maximum absolute atomic E-state index is 11.5. The van der Waals surface area contributed by atoms with E-state index in [1.54, 1.807) is 25.3 Å². The molecule has 1 N–H and O–H groups in total. The normalized spacial score (nSPS) is 11.3. The number of hydrogen-bond acceptors (Lipinski definition) is 4. The van der Waals surface area contributed by atoms with E-state index in [9.17, 15) is 9.90 Å². The number of aliphatic carboxylic acids is 1. The number of thiophene rings is 1. The van der Waals surface area contributed by atoms with Crippen molar-refractivity contribution < 1.29 is 19.4 Å². The van der Waals surface area contributed by atoms with Crippen molar-refractivity contribution in [3.8, 4) is 11.5 Å². The molecule has 0 bridgehead atoms. The van der Waals surface area contributed by atoms with Gasteiger partial charge in [-0.15, -0.1) is 11.3 Å². The third kappa shape index (κ3) is 4.86. The molecule has 0 radical (unpaired) electrons. The largest absolute Gasteiger partial charge is 0.493 e. The van der Waals surface area contributed by atoms with Gasteiger partial charge in [-0.05, 0) is 41.6 Å². The smallest absolute Gasteiger partial charge is 0.337 e. The average Bonchev–Trinajstić information content (AvgIpc) is 3.11. The second kappa shape index (κ2) is 9.13. The van der Waals surface area contributed by atoms with E-state index in [1.165, 1.54) is 11.3 Å². The van der Waals surface area contributed by atoms with Crippen molar-refractivity contribution in [3.05, 3.63) is 46.2 Å². The molecular weight excluding hydrogens is 324 g/mol. The van der Waals surface area contributed by atoms with E-state index >= 15 is 0 Å². The molecular formula is C19H22O4S. The van der Waals surface area contributed by atoms with Crippen LogP contribution in [-0.2, 0) is 4.79 Å². The number of hydrogen-bond donors (Lipinski definition) is 1. The van der Waals surface area contributed by atoms with Gasteiger partial charge in [0, 0.05) is 4.88 Å². The van der Waals surface area contributed by atoms with E-state index in [1.807, 2.05) is 23.6 Å². The number of rotatable bonds is 9. The second-order valence-electron chi connectivity index (χ2n) is 5.31. The topological polar surface area (TPSA) is 55.8 Å². The molecule has 2 aromatic rings. The van der Waals surface area contributed by atoms with Gasteiger partial charge >= 0.3 is 5.97 Å². The Morgan fingerprint density at radius 1 is 1.25 bits per heavy atom. The number of benzene rings is 1. The zero-order valence-electron chi connectivity index (χ0n) is 14.0. The van der Waals surface area contributed by atoms with E-state index in [2.05, 4.69) is 6.92 Å². The van der Waals surface area contributed by atoms with Crippen LogP contribution >= 0.6 is 11.3 Å². The third-order valence-electron chi connectivity index (χ3n) is 3.52. The molecule has 1 aromatic carbocycles. The maximum atomic E-state index is 11.5. The van der Waals surface area contributed by atoms with Gasteiger partial charge in [-0.2, -0.15) is 0 Å². The first-order valence-electron chi connectivity index (χ1n) is 7.95. The van der Waals surface area contributed by atoms with Gasteiger partial charge in [-0.1, -0.05) is 31.9 Å². The Balaban J connectivity index is 2.21. The first-order valence-corrected chi connectivity index (χ1v) is 8.83. The molecule has 0 atom stereocenters. The standard InChI is InChI=1S/C19H22O4S/c1-3-4-5-10-23-16-9-8-14(13-17(16)22-2)12-15(19(20)21)18-7-6-11-24-18/h6-9,11-13H,3-5,10H2,1-2H3,(H,20,21)/b15-12-. The number of carboxylic acid groups (broad SMARTS) is 1. The van der Waals surface area contributed by atoms with E-state index in [0.717, 1.165) is 29.7 Å². The van der Waals surface area contributed by atoms with E-state index in [-0.39, 0.29) is 5.57 Å². The Bertz CT molecular complexity index is 689. The summed E-state index contributed by atoms with van der Waals surface area (Å²) in [4.78, 5) is 12.2. The van der Waals surface area contributed by atoms with Crippen LogP contribution in [0, 0.1) is 0 Å². The molecule has 0 aliphatic carbocycles. The Morgan fingerprint density at radius 3 is 2.71 bits per heavy atom. The van der Waals surface area contributed by atoms with Gasteiger partial charge in [0.1, 0.15) is 0 Å². The average molecular weight is 346 g/mol. The second-order valence-corrected chi connectivity index (χ2v) is 6.25. The molecule has 5 heteroatoms. The fraction of sp³-hybridized carbons (Fsp3) is 0.316. The predicted octanol–water partition coefficient (Wildman–Crippen LogP) is 4.95. The van der Waals surface area contributed by atoms with Crippen LogP contribution in [0.5, 0.6) is 11.5 Å². The fourth-order valence-corrected chi connectivity index (χ4v) is 3.00. The number of carbonyl (C=O) groups is 1. The quantitative estimate of drug-likeness (QED) is 0.515. The summed E-state index contributed by atoms with van der Waals surface area (Å²) in [5.41, 5.74) is 1.03. The summed E-state index contributed by atoms with van der Waals surface area (Å²) in [7, 11) is 1.58. The molecule has 0 aliphatic heterocycles. The van der Waals surface area contributed by atoms with Crippen LogP contribution in [0.25, 0.3) is 11.6 Å². The SMILES string of the molecule is CCCCCOc1ccc(/C=C(\C(=O)O)c2cccs2)cc1OC. The van der Waals surface area contributed by atoms with Gasteiger partial charge in [0.2, 0.25) is 0 Å². The van der Waals surface area contributed by atoms with Crippen molar-refractivity contribution in [2.24, 2.45) is 0 Å². The minimum atomic E-state index is -0.948. The van der Waals surface area contributed by atoms with Crippen LogP contribution in [0.3, 0.4) is 0 Å². The minimum Gasteiger partial charge on any atom is -0.493 e. The lowest BCUT2D eigenvalue weighted by atomic mass is 10.1. The van der Waals surface area contributed by atoms with E-state index < -0.39 is 5.97 Å². The minimum absolute atomic E-state index is 0.267. The van der Waals surface area contributed by atoms with Gasteiger partial charge in [0.25, 0.3) is 0 Å². The first kappa shape index (κ1) is 18.1. The molecule has 0 aliphatic rings. The molecule has 0 spiro atoms. The van der Waals surface area contributed by atoms with Crippen molar-refractivity contribution >= 4 is 29.0 Å². The van der Waals surface area contributed by atoms with Crippen LogP contribution < -0.4 is 9.47 Å². The first-order chi connectivity index (χ1) is 11.7. The van der Waals surface area contributed by atoms with Crippen LogP contribution in [0.1, 0.15) is 36.6 Å². The lowest BCUT2D eigenvalue weighted by Crippen LogP contribution is -2.00. The highest BCUT2D eigenvalue weighted by Gasteiger charge is 2.12.